The summed E-state index contributed by atoms with van der Waals surface area (Å²) in [6.45, 7) is 5.27. The zero-order valence-corrected chi connectivity index (χ0v) is 14.3. The Hall–Kier alpha value is -1.43. The second-order valence-corrected chi connectivity index (χ2v) is 8.04. The van der Waals surface area contributed by atoms with Crippen LogP contribution in [0.25, 0.3) is 10.8 Å². The normalized spacial score (nSPS) is 17.6. The third-order valence-electron chi connectivity index (χ3n) is 4.62. The minimum absolute atomic E-state index is 0.431. The standard InChI is InChI=1S/C18H24N2O2S/c1-2-19-14-15-10-12-20(13-11-15)23(21,22)18-9-5-7-16-6-3-4-8-17(16)18/h3-9,15,19H,2,10-14H2,1H3. The summed E-state index contributed by atoms with van der Waals surface area (Å²) in [7, 11) is -3.42. The van der Waals surface area contributed by atoms with Gasteiger partial charge in [0.05, 0.1) is 4.90 Å². The SMILES string of the molecule is CCNCC1CCN(S(=O)(=O)c2cccc3ccccc23)CC1. The summed E-state index contributed by atoms with van der Waals surface area (Å²) in [5.41, 5.74) is 0. The van der Waals surface area contributed by atoms with E-state index < -0.39 is 10.0 Å². The van der Waals surface area contributed by atoms with Gasteiger partial charge in [-0.3, -0.25) is 0 Å². The Morgan fingerprint density at radius 3 is 2.52 bits per heavy atom. The Balaban J connectivity index is 1.82. The molecule has 2 aromatic rings. The van der Waals surface area contributed by atoms with Crippen LogP contribution in [0.1, 0.15) is 19.8 Å². The fraction of sp³-hybridized carbons (Fsp3) is 0.444. The van der Waals surface area contributed by atoms with Crippen LogP contribution < -0.4 is 5.32 Å². The van der Waals surface area contributed by atoms with Gasteiger partial charge in [0.2, 0.25) is 10.0 Å². The molecule has 0 aromatic heterocycles. The third kappa shape index (κ3) is 3.42. The van der Waals surface area contributed by atoms with E-state index in [1.54, 1.807) is 10.4 Å². The van der Waals surface area contributed by atoms with Gasteiger partial charge in [-0.1, -0.05) is 43.3 Å². The minimum atomic E-state index is -3.42. The number of sulfonamides is 1. The molecule has 0 radical (unpaired) electrons. The van der Waals surface area contributed by atoms with Gasteiger partial charge < -0.3 is 5.32 Å². The third-order valence-corrected chi connectivity index (χ3v) is 6.58. The molecule has 1 aliphatic rings. The maximum absolute atomic E-state index is 13.0. The maximum Gasteiger partial charge on any atom is 0.243 e. The average molecular weight is 332 g/mol. The second-order valence-electron chi connectivity index (χ2n) is 6.13. The Morgan fingerprint density at radius 1 is 1.09 bits per heavy atom. The molecule has 0 aliphatic carbocycles. The van der Waals surface area contributed by atoms with Gasteiger partial charge in [0.1, 0.15) is 0 Å². The van der Waals surface area contributed by atoms with Crippen LogP contribution in [0.5, 0.6) is 0 Å². The molecule has 0 bridgehead atoms. The number of fused-ring (bicyclic) bond motifs is 1. The molecule has 0 unspecified atom stereocenters. The van der Waals surface area contributed by atoms with E-state index in [4.69, 9.17) is 0 Å². The molecule has 0 amide bonds. The predicted octanol–water partition coefficient (Wildman–Crippen LogP) is 2.85. The van der Waals surface area contributed by atoms with Crippen molar-refractivity contribution in [1.29, 1.82) is 0 Å². The summed E-state index contributed by atoms with van der Waals surface area (Å²) in [6.07, 6.45) is 1.86. The quantitative estimate of drug-likeness (QED) is 0.916. The highest BCUT2D eigenvalue weighted by Crippen LogP contribution is 2.28. The maximum atomic E-state index is 13.0. The van der Waals surface area contributed by atoms with E-state index in [-0.39, 0.29) is 0 Å². The van der Waals surface area contributed by atoms with Crippen molar-refractivity contribution in [1.82, 2.24) is 9.62 Å². The topological polar surface area (TPSA) is 49.4 Å². The van der Waals surface area contributed by atoms with Gasteiger partial charge in [0.15, 0.2) is 0 Å². The number of rotatable bonds is 5. The number of hydrogen-bond donors (Lipinski definition) is 1. The van der Waals surface area contributed by atoms with Gasteiger partial charge in [-0.05, 0) is 43.3 Å². The van der Waals surface area contributed by atoms with Crippen molar-refractivity contribution in [3.8, 4) is 0 Å². The molecule has 5 heteroatoms. The molecule has 4 nitrogen and oxygen atoms in total. The lowest BCUT2D eigenvalue weighted by Gasteiger charge is -2.31. The first-order chi connectivity index (χ1) is 11.1. The van der Waals surface area contributed by atoms with Gasteiger partial charge in [0.25, 0.3) is 0 Å². The van der Waals surface area contributed by atoms with Crippen molar-refractivity contribution >= 4 is 20.8 Å². The minimum Gasteiger partial charge on any atom is -0.317 e. The molecule has 1 saturated heterocycles. The summed E-state index contributed by atoms with van der Waals surface area (Å²) >= 11 is 0. The zero-order chi connectivity index (χ0) is 16.3. The molecule has 1 aliphatic heterocycles. The van der Waals surface area contributed by atoms with E-state index in [0.29, 0.717) is 23.9 Å². The van der Waals surface area contributed by atoms with Gasteiger partial charge in [-0.2, -0.15) is 4.31 Å². The summed E-state index contributed by atoms with van der Waals surface area (Å²) in [4.78, 5) is 0.431. The molecule has 1 fully saturated rings. The number of hydrogen-bond acceptors (Lipinski definition) is 3. The first-order valence-corrected chi connectivity index (χ1v) is 9.75. The van der Waals surface area contributed by atoms with Crippen LogP contribution in [0.3, 0.4) is 0 Å². The molecular weight excluding hydrogens is 308 g/mol. The summed E-state index contributed by atoms with van der Waals surface area (Å²) in [5.74, 6) is 0.578. The van der Waals surface area contributed by atoms with Crippen LogP contribution in [0.2, 0.25) is 0 Å². The highest BCUT2D eigenvalue weighted by atomic mass is 32.2. The van der Waals surface area contributed by atoms with Crippen LogP contribution in [0, 0.1) is 5.92 Å². The molecule has 1 N–H and O–H groups in total. The van der Waals surface area contributed by atoms with E-state index in [0.717, 1.165) is 36.7 Å². The van der Waals surface area contributed by atoms with E-state index in [9.17, 15) is 8.42 Å². The van der Waals surface area contributed by atoms with Crippen LogP contribution in [-0.4, -0.2) is 38.9 Å². The molecule has 0 saturated carbocycles. The van der Waals surface area contributed by atoms with Crippen molar-refractivity contribution in [3.05, 3.63) is 42.5 Å². The monoisotopic (exact) mass is 332 g/mol. The fourth-order valence-electron chi connectivity index (χ4n) is 3.26. The van der Waals surface area contributed by atoms with E-state index in [1.807, 2.05) is 36.4 Å². The summed E-state index contributed by atoms with van der Waals surface area (Å²) in [6, 6.07) is 13.2. The lowest BCUT2D eigenvalue weighted by Crippen LogP contribution is -2.40. The molecule has 23 heavy (non-hydrogen) atoms. The highest BCUT2D eigenvalue weighted by molar-refractivity contribution is 7.89. The van der Waals surface area contributed by atoms with Crippen LogP contribution in [-0.2, 0) is 10.0 Å². The molecule has 1 heterocycles. The Bertz CT molecular complexity index is 760. The molecule has 2 aromatic carbocycles. The van der Waals surface area contributed by atoms with Gasteiger partial charge >= 0.3 is 0 Å². The Kier molecular flexibility index (Phi) is 4.99. The Morgan fingerprint density at radius 2 is 1.78 bits per heavy atom. The number of nitrogens with zero attached hydrogens (tertiary/aromatic N) is 1. The van der Waals surface area contributed by atoms with Gasteiger partial charge in [-0.25, -0.2) is 8.42 Å². The Labute approximate surface area is 138 Å². The first kappa shape index (κ1) is 16.4. The molecular formula is C18H24N2O2S. The lowest BCUT2D eigenvalue weighted by molar-refractivity contribution is 0.268. The molecule has 0 atom stereocenters. The second kappa shape index (κ2) is 6.99. The molecule has 0 spiro atoms. The van der Waals surface area contributed by atoms with Crippen LogP contribution in [0.4, 0.5) is 0 Å². The van der Waals surface area contributed by atoms with Crippen molar-refractivity contribution in [2.24, 2.45) is 5.92 Å². The van der Waals surface area contributed by atoms with Crippen molar-refractivity contribution in [3.63, 3.8) is 0 Å². The number of piperidine rings is 1. The fourth-order valence-corrected chi connectivity index (χ4v) is 4.95. The smallest absolute Gasteiger partial charge is 0.243 e. The van der Waals surface area contributed by atoms with E-state index in [2.05, 4.69) is 12.2 Å². The van der Waals surface area contributed by atoms with Crippen molar-refractivity contribution in [2.75, 3.05) is 26.2 Å². The zero-order valence-electron chi connectivity index (χ0n) is 13.5. The van der Waals surface area contributed by atoms with E-state index >= 15 is 0 Å². The largest absolute Gasteiger partial charge is 0.317 e. The lowest BCUT2D eigenvalue weighted by atomic mass is 9.98. The molecule has 124 valence electrons. The highest BCUT2D eigenvalue weighted by Gasteiger charge is 2.30. The number of benzene rings is 2. The average Bonchev–Trinajstić information content (AvgIpc) is 2.59. The summed E-state index contributed by atoms with van der Waals surface area (Å²) in [5, 5.41) is 5.14. The predicted molar refractivity (Wildman–Crippen MR) is 94.0 cm³/mol. The van der Waals surface area contributed by atoms with Crippen LogP contribution in [0.15, 0.2) is 47.4 Å². The first-order valence-electron chi connectivity index (χ1n) is 8.31. The van der Waals surface area contributed by atoms with Crippen LogP contribution >= 0.6 is 0 Å². The number of nitrogens with one attached hydrogen (secondary N) is 1. The summed E-state index contributed by atoms with van der Waals surface area (Å²) < 4.78 is 27.7. The molecule has 3 rings (SSSR count). The van der Waals surface area contributed by atoms with Gasteiger partial charge in [0, 0.05) is 18.5 Å². The van der Waals surface area contributed by atoms with Gasteiger partial charge in [-0.15, -0.1) is 0 Å². The van der Waals surface area contributed by atoms with E-state index in [1.165, 1.54) is 0 Å². The van der Waals surface area contributed by atoms with Crippen molar-refractivity contribution in [2.45, 2.75) is 24.7 Å². The van der Waals surface area contributed by atoms with Crippen molar-refractivity contribution < 1.29 is 8.42 Å².